The zero-order valence-corrected chi connectivity index (χ0v) is 16.1. The van der Waals surface area contributed by atoms with Crippen LogP contribution in [-0.4, -0.2) is 37.3 Å². The van der Waals surface area contributed by atoms with Gasteiger partial charge in [0.2, 0.25) is 0 Å². The van der Waals surface area contributed by atoms with Gasteiger partial charge in [0.1, 0.15) is 0 Å². The van der Waals surface area contributed by atoms with E-state index in [9.17, 15) is 0 Å². The number of hydrogen-bond acceptors (Lipinski definition) is 4. The van der Waals surface area contributed by atoms with Gasteiger partial charge in [0, 0.05) is 13.2 Å². The Morgan fingerprint density at radius 2 is 1.04 bits per heavy atom. The van der Waals surface area contributed by atoms with Gasteiger partial charge in [-0.2, -0.15) is 8.42 Å². The van der Waals surface area contributed by atoms with E-state index in [-0.39, 0.29) is 0 Å². The predicted octanol–water partition coefficient (Wildman–Crippen LogP) is 4.26. The molecule has 0 rings (SSSR count). The Bertz CT molecular complexity index is 264. The van der Waals surface area contributed by atoms with Gasteiger partial charge in [-0.1, -0.05) is 64.7 Å². The van der Waals surface area contributed by atoms with Gasteiger partial charge in [0.25, 0.3) is 0 Å². The van der Waals surface area contributed by atoms with Crippen LogP contribution in [0.1, 0.15) is 85.0 Å². The monoisotopic (exact) mass is 357 g/mol. The maximum Gasteiger partial charge on any atom is 0.394 e. The van der Waals surface area contributed by atoms with Crippen LogP contribution in [-0.2, 0) is 15.1 Å². The zero-order valence-electron chi connectivity index (χ0n) is 15.3. The third-order valence-corrected chi connectivity index (χ3v) is 2.97. The fourth-order valence-electron chi connectivity index (χ4n) is 1.84. The van der Waals surface area contributed by atoms with Crippen molar-refractivity contribution in [1.82, 2.24) is 0 Å². The molecule has 0 aromatic rings. The molecule has 0 aliphatic carbocycles. The molecule has 0 saturated carbocycles. The summed E-state index contributed by atoms with van der Waals surface area (Å²) >= 11 is 0. The Morgan fingerprint density at radius 3 is 1.26 bits per heavy atom. The number of hydrogen-bond donors (Lipinski definition) is 3. The summed E-state index contributed by atoms with van der Waals surface area (Å²) in [7, 11) is -4.67. The Balaban J connectivity index is -0.000000329. The van der Waals surface area contributed by atoms with E-state index in [0.29, 0.717) is 0 Å². The predicted molar refractivity (Wildman–Crippen MR) is 97.2 cm³/mol. The largest absolute Gasteiger partial charge is 0.394 e. The topological polar surface area (TPSA) is 110 Å². The number of ether oxygens (including phenoxy) is 1. The van der Waals surface area contributed by atoms with Crippen molar-refractivity contribution in [1.29, 1.82) is 0 Å². The standard InChI is InChI=1S/C12H27N.C4H10O.H2O4S/c1-2-3-4-5-6-7-8-9-10-11-12-13;1-3-5-4-2;1-5(2,3)4/h2-13H2,1H3;3-4H2,1-2H3;(H2,1,2,3,4). The molecular weight excluding hydrogens is 318 g/mol. The molecule has 0 bridgehead atoms. The summed E-state index contributed by atoms with van der Waals surface area (Å²) in [5.74, 6) is 0. The maximum atomic E-state index is 8.74. The summed E-state index contributed by atoms with van der Waals surface area (Å²) < 4.78 is 36.4. The third-order valence-electron chi connectivity index (χ3n) is 2.97. The molecule has 0 fully saturated rings. The van der Waals surface area contributed by atoms with Gasteiger partial charge in [-0.05, 0) is 26.8 Å². The Labute approximate surface area is 143 Å². The lowest BCUT2D eigenvalue weighted by molar-refractivity contribution is 0.162. The Hall–Kier alpha value is -0.210. The second kappa shape index (κ2) is 24.0. The average Bonchev–Trinajstić information content (AvgIpc) is 2.45. The van der Waals surface area contributed by atoms with Gasteiger partial charge >= 0.3 is 10.4 Å². The van der Waals surface area contributed by atoms with Gasteiger partial charge in [-0.15, -0.1) is 0 Å². The molecule has 0 unspecified atom stereocenters. The van der Waals surface area contributed by atoms with Gasteiger partial charge in [0.05, 0.1) is 0 Å². The van der Waals surface area contributed by atoms with Crippen LogP contribution in [0.5, 0.6) is 0 Å². The molecule has 23 heavy (non-hydrogen) atoms. The minimum atomic E-state index is -4.67. The average molecular weight is 358 g/mol. The molecule has 0 saturated heterocycles. The lowest BCUT2D eigenvalue weighted by Crippen LogP contribution is -1.97. The molecule has 0 aromatic carbocycles. The van der Waals surface area contributed by atoms with E-state index in [1.807, 2.05) is 13.8 Å². The van der Waals surface area contributed by atoms with Crippen LogP contribution in [0.2, 0.25) is 0 Å². The highest BCUT2D eigenvalue weighted by Gasteiger charge is 1.91. The van der Waals surface area contributed by atoms with E-state index in [1.165, 1.54) is 64.2 Å². The molecule has 144 valence electrons. The van der Waals surface area contributed by atoms with E-state index < -0.39 is 10.4 Å². The SMILES string of the molecule is CCCCCCCCCCCCN.CCOCC.O=S(=O)(O)O. The van der Waals surface area contributed by atoms with E-state index >= 15 is 0 Å². The van der Waals surface area contributed by atoms with Crippen molar-refractivity contribution >= 4 is 10.4 Å². The van der Waals surface area contributed by atoms with Crippen molar-refractivity contribution in [2.24, 2.45) is 5.73 Å². The van der Waals surface area contributed by atoms with Crippen molar-refractivity contribution in [3.63, 3.8) is 0 Å². The van der Waals surface area contributed by atoms with Crippen molar-refractivity contribution < 1.29 is 22.3 Å². The molecule has 0 spiro atoms. The molecular formula is C16H39NO5S. The van der Waals surface area contributed by atoms with Crippen LogP contribution in [0, 0.1) is 0 Å². The number of unbranched alkanes of at least 4 members (excludes halogenated alkanes) is 9. The van der Waals surface area contributed by atoms with Gasteiger partial charge in [-0.25, -0.2) is 0 Å². The van der Waals surface area contributed by atoms with Crippen LogP contribution < -0.4 is 5.73 Å². The molecule has 0 aromatic heterocycles. The molecule has 4 N–H and O–H groups in total. The summed E-state index contributed by atoms with van der Waals surface area (Å²) in [5, 5.41) is 0. The first-order valence-corrected chi connectivity index (χ1v) is 10.2. The molecule has 0 atom stereocenters. The summed E-state index contributed by atoms with van der Waals surface area (Å²) in [6.45, 7) is 8.81. The van der Waals surface area contributed by atoms with Crippen molar-refractivity contribution in [3.05, 3.63) is 0 Å². The smallest absolute Gasteiger partial charge is 0.382 e. The Kier molecular flexibility index (Phi) is 28.9. The molecule has 0 aliphatic heterocycles. The van der Waals surface area contributed by atoms with Crippen LogP contribution in [0.4, 0.5) is 0 Å². The van der Waals surface area contributed by atoms with E-state index in [4.69, 9.17) is 28.0 Å². The lowest BCUT2D eigenvalue weighted by atomic mass is 10.1. The van der Waals surface area contributed by atoms with Gasteiger partial charge < -0.3 is 10.5 Å². The Morgan fingerprint density at radius 1 is 0.739 bits per heavy atom. The normalized spacial score (nSPS) is 10.3. The fourth-order valence-corrected chi connectivity index (χ4v) is 1.84. The maximum absolute atomic E-state index is 8.74. The van der Waals surface area contributed by atoms with E-state index in [1.54, 1.807) is 0 Å². The van der Waals surface area contributed by atoms with Crippen molar-refractivity contribution in [3.8, 4) is 0 Å². The van der Waals surface area contributed by atoms with Crippen LogP contribution in [0.15, 0.2) is 0 Å². The lowest BCUT2D eigenvalue weighted by Gasteiger charge is -2.00. The van der Waals surface area contributed by atoms with Crippen LogP contribution >= 0.6 is 0 Å². The second-order valence-corrected chi connectivity index (χ2v) is 6.10. The quantitative estimate of drug-likeness (QED) is 0.355. The first-order valence-electron chi connectivity index (χ1n) is 8.81. The second-order valence-electron chi connectivity index (χ2n) is 5.20. The van der Waals surface area contributed by atoms with Crippen LogP contribution in [0.3, 0.4) is 0 Å². The number of nitrogens with two attached hydrogens (primary N) is 1. The molecule has 0 aliphatic rings. The zero-order chi connectivity index (χ0) is 18.4. The van der Waals surface area contributed by atoms with Gasteiger partial charge in [-0.3, -0.25) is 9.11 Å². The first-order chi connectivity index (χ1) is 10.8. The minimum absolute atomic E-state index is 0.844. The summed E-state index contributed by atoms with van der Waals surface area (Å²) in [4.78, 5) is 0. The van der Waals surface area contributed by atoms with Crippen LogP contribution in [0.25, 0.3) is 0 Å². The molecule has 0 radical (unpaired) electrons. The highest BCUT2D eigenvalue weighted by molar-refractivity contribution is 7.79. The van der Waals surface area contributed by atoms with E-state index in [2.05, 4.69) is 6.92 Å². The van der Waals surface area contributed by atoms with E-state index in [0.717, 1.165) is 19.8 Å². The highest BCUT2D eigenvalue weighted by atomic mass is 32.3. The fraction of sp³-hybridized carbons (Fsp3) is 1.00. The third kappa shape index (κ3) is 61.4. The summed E-state index contributed by atoms with van der Waals surface area (Å²) in [6, 6.07) is 0. The highest BCUT2D eigenvalue weighted by Crippen LogP contribution is 2.09. The summed E-state index contributed by atoms with van der Waals surface area (Å²) in [6.07, 6.45) is 13.9. The molecule has 0 amide bonds. The van der Waals surface area contributed by atoms with Crippen molar-refractivity contribution in [2.45, 2.75) is 85.0 Å². The molecule has 7 heteroatoms. The molecule has 0 heterocycles. The number of rotatable bonds is 12. The van der Waals surface area contributed by atoms with Gasteiger partial charge in [0.15, 0.2) is 0 Å². The molecule has 6 nitrogen and oxygen atoms in total. The minimum Gasteiger partial charge on any atom is -0.382 e. The van der Waals surface area contributed by atoms with Crippen molar-refractivity contribution in [2.75, 3.05) is 19.8 Å². The summed E-state index contributed by atoms with van der Waals surface area (Å²) in [5.41, 5.74) is 5.42. The first kappa shape index (κ1) is 27.6.